The van der Waals surface area contributed by atoms with Gasteiger partial charge in [0, 0.05) is 0 Å². The van der Waals surface area contributed by atoms with E-state index < -0.39 is 18.2 Å². The number of hydrogen-bond acceptors (Lipinski definition) is 5. The quantitative estimate of drug-likeness (QED) is 0.604. The van der Waals surface area contributed by atoms with Gasteiger partial charge in [-0.25, -0.2) is 9.59 Å². The van der Waals surface area contributed by atoms with Crippen LogP contribution in [-0.4, -0.2) is 19.2 Å². The molecule has 0 fully saturated rings. The Labute approximate surface area is 93.1 Å². The monoisotopic (exact) mass is 223 g/mol. The van der Waals surface area contributed by atoms with E-state index in [0.29, 0.717) is 5.56 Å². The standard InChI is InChI=1S/C11H13NO4/c1-7-5-3-4-6-8(7)9(12)10(13)16-11(14)15-2/h3-6,9H,12H2,1-2H3. The van der Waals surface area contributed by atoms with Crippen LogP contribution in [0.5, 0.6) is 0 Å². The van der Waals surface area contributed by atoms with Gasteiger partial charge in [0.25, 0.3) is 0 Å². The van der Waals surface area contributed by atoms with Crippen LogP contribution in [0.25, 0.3) is 0 Å². The lowest BCUT2D eigenvalue weighted by Crippen LogP contribution is -2.26. The Kier molecular flexibility index (Phi) is 4.02. The molecule has 0 heterocycles. The van der Waals surface area contributed by atoms with E-state index in [1.54, 1.807) is 12.1 Å². The highest BCUT2D eigenvalue weighted by atomic mass is 16.7. The smallest absolute Gasteiger partial charge is 0.437 e. The van der Waals surface area contributed by atoms with Gasteiger partial charge in [-0.15, -0.1) is 0 Å². The predicted molar refractivity (Wildman–Crippen MR) is 56.6 cm³/mol. The highest BCUT2D eigenvalue weighted by Crippen LogP contribution is 2.16. The van der Waals surface area contributed by atoms with Crippen molar-refractivity contribution < 1.29 is 19.1 Å². The largest absolute Gasteiger partial charge is 0.515 e. The highest BCUT2D eigenvalue weighted by molar-refractivity contribution is 5.86. The number of methoxy groups -OCH3 is 1. The lowest BCUT2D eigenvalue weighted by molar-refractivity contribution is -0.141. The van der Waals surface area contributed by atoms with E-state index in [-0.39, 0.29) is 0 Å². The zero-order valence-corrected chi connectivity index (χ0v) is 9.10. The Balaban J connectivity index is 2.78. The van der Waals surface area contributed by atoms with Gasteiger partial charge in [0.2, 0.25) is 0 Å². The molecule has 1 rings (SSSR count). The minimum Gasteiger partial charge on any atom is -0.437 e. The fourth-order valence-electron chi connectivity index (χ4n) is 1.25. The fraction of sp³-hybridized carbons (Fsp3) is 0.273. The third kappa shape index (κ3) is 2.80. The summed E-state index contributed by atoms with van der Waals surface area (Å²) in [5.41, 5.74) is 7.14. The number of ether oxygens (including phenoxy) is 2. The molecule has 0 bridgehead atoms. The van der Waals surface area contributed by atoms with Crippen molar-refractivity contribution in [1.29, 1.82) is 0 Å². The number of carbonyl (C=O) groups is 2. The van der Waals surface area contributed by atoms with Crippen molar-refractivity contribution in [2.24, 2.45) is 5.73 Å². The molecule has 16 heavy (non-hydrogen) atoms. The van der Waals surface area contributed by atoms with E-state index >= 15 is 0 Å². The molecule has 1 aromatic carbocycles. The number of nitrogens with two attached hydrogens (primary N) is 1. The van der Waals surface area contributed by atoms with Gasteiger partial charge in [0.15, 0.2) is 0 Å². The Morgan fingerprint density at radius 3 is 2.50 bits per heavy atom. The van der Waals surface area contributed by atoms with E-state index in [9.17, 15) is 9.59 Å². The molecule has 5 nitrogen and oxygen atoms in total. The molecule has 1 aromatic rings. The Morgan fingerprint density at radius 1 is 1.31 bits per heavy atom. The molecule has 1 unspecified atom stereocenters. The van der Waals surface area contributed by atoms with Crippen LogP contribution in [0.2, 0.25) is 0 Å². The van der Waals surface area contributed by atoms with Gasteiger partial charge in [-0.2, -0.15) is 0 Å². The lowest BCUT2D eigenvalue weighted by Gasteiger charge is -2.12. The molecule has 0 amide bonds. The minimum atomic E-state index is -1.06. The summed E-state index contributed by atoms with van der Waals surface area (Å²) in [6.07, 6.45) is -1.06. The first-order valence-corrected chi connectivity index (χ1v) is 4.67. The number of benzene rings is 1. The SMILES string of the molecule is COC(=O)OC(=O)C(N)c1ccccc1C. The van der Waals surface area contributed by atoms with Crippen LogP contribution in [0, 0.1) is 6.92 Å². The molecular formula is C11H13NO4. The molecule has 0 aromatic heterocycles. The van der Waals surface area contributed by atoms with E-state index in [4.69, 9.17) is 5.73 Å². The molecule has 0 aliphatic carbocycles. The van der Waals surface area contributed by atoms with Crippen molar-refractivity contribution in [2.45, 2.75) is 13.0 Å². The summed E-state index contributed by atoms with van der Waals surface area (Å²) in [4.78, 5) is 22.1. The van der Waals surface area contributed by atoms with Crippen LogP contribution in [0.3, 0.4) is 0 Å². The van der Waals surface area contributed by atoms with Gasteiger partial charge in [0.1, 0.15) is 6.04 Å². The van der Waals surface area contributed by atoms with Crippen LogP contribution in [0.1, 0.15) is 17.2 Å². The normalized spacial score (nSPS) is 11.7. The van der Waals surface area contributed by atoms with E-state index in [0.717, 1.165) is 12.7 Å². The maximum absolute atomic E-state index is 11.4. The summed E-state index contributed by atoms with van der Waals surface area (Å²) in [6.45, 7) is 1.82. The van der Waals surface area contributed by atoms with Crippen LogP contribution in [-0.2, 0) is 14.3 Å². The molecule has 86 valence electrons. The average molecular weight is 223 g/mol. The number of hydrogen-bond donors (Lipinski definition) is 1. The van der Waals surface area contributed by atoms with Crippen molar-refractivity contribution in [3.05, 3.63) is 35.4 Å². The molecule has 0 radical (unpaired) electrons. The summed E-state index contributed by atoms with van der Waals surface area (Å²) in [7, 11) is 1.12. The third-order valence-electron chi connectivity index (χ3n) is 2.13. The van der Waals surface area contributed by atoms with Crippen molar-refractivity contribution >= 4 is 12.1 Å². The Bertz CT molecular complexity index is 403. The van der Waals surface area contributed by atoms with Crippen molar-refractivity contribution in [2.75, 3.05) is 7.11 Å². The van der Waals surface area contributed by atoms with Gasteiger partial charge in [-0.3, -0.25) is 0 Å². The Hall–Kier alpha value is -1.88. The first-order valence-electron chi connectivity index (χ1n) is 4.67. The maximum Gasteiger partial charge on any atom is 0.515 e. The minimum absolute atomic E-state index is 0.622. The molecular weight excluding hydrogens is 210 g/mol. The summed E-state index contributed by atoms with van der Waals surface area (Å²) in [5.74, 6) is -0.832. The average Bonchev–Trinajstić information content (AvgIpc) is 2.28. The second kappa shape index (κ2) is 5.27. The molecule has 2 N–H and O–H groups in total. The van der Waals surface area contributed by atoms with Gasteiger partial charge in [-0.05, 0) is 18.1 Å². The highest BCUT2D eigenvalue weighted by Gasteiger charge is 2.21. The number of carbonyl (C=O) groups excluding carboxylic acids is 2. The van der Waals surface area contributed by atoms with E-state index in [1.807, 2.05) is 19.1 Å². The molecule has 0 aliphatic heterocycles. The zero-order valence-electron chi connectivity index (χ0n) is 9.10. The molecule has 0 saturated heterocycles. The maximum atomic E-state index is 11.4. The van der Waals surface area contributed by atoms with Gasteiger partial charge < -0.3 is 15.2 Å². The lowest BCUT2D eigenvalue weighted by atomic mass is 10.0. The fourth-order valence-corrected chi connectivity index (χ4v) is 1.25. The summed E-state index contributed by atoms with van der Waals surface area (Å²) in [5, 5.41) is 0. The molecule has 0 aliphatic rings. The Morgan fingerprint density at radius 2 is 1.94 bits per heavy atom. The van der Waals surface area contributed by atoms with E-state index in [1.165, 1.54) is 0 Å². The van der Waals surface area contributed by atoms with Crippen LogP contribution in [0.15, 0.2) is 24.3 Å². The first kappa shape index (κ1) is 12.2. The first-order chi connectivity index (χ1) is 7.56. The zero-order chi connectivity index (χ0) is 12.1. The molecule has 5 heteroatoms. The number of esters is 1. The van der Waals surface area contributed by atoms with Crippen molar-refractivity contribution in [1.82, 2.24) is 0 Å². The molecule has 0 saturated carbocycles. The third-order valence-corrected chi connectivity index (χ3v) is 2.13. The van der Waals surface area contributed by atoms with Gasteiger partial charge in [-0.1, -0.05) is 24.3 Å². The second-order valence-electron chi connectivity index (χ2n) is 3.21. The second-order valence-corrected chi connectivity index (χ2v) is 3.21. The topological polar surface area (TPSA) is 78.6 Å². The van der Waals surface area contributed by atoms with Crippen LogP contribution >= 0.6 is 0 Å². The summed E-state index contributed by atoms with van der Waals surface area (Å²) in [6, 6.07) is 6.13. The van der Waals surface area contributed by atoms with Gasteiger partial charge in [0.05, 0.1) is 7.11 Å². The van der Waals surface area contributed by atoms with Gasteiger partial charge >= 0.3 is 12.1 Å². The molecule has 1 atom stereocenters. The molecule has 0 spiro atoms. The summed E-state index contributed by atoms with van der Waals surface area (Å²) < 4.78 is 8.55. The van der Waals surface area contributed by atoms with E-state index in [2.05, 4.69) is 9.47 Å². The number of rotatable bonds is 2. The van der Waals surface area contributed by atoms with Crippen molar-refractivity contribution in [3.8, 4) is 0 Å². The van der Waals surface area contributed by atoms with Crippen LogP contribution in [0.4, 0.5) is 4.79 Å². The summed E-state index contributed by atoms with van der Waals surface area (Å²) >= 11 is 0. The van der Waals surface area contributed by atoms with Crippen molar-refractivity contribution in [3.63, 3.8) is 0 Å². The predicted octanol–water partition coefficient (Wildman–Crippen LogP) is 1.30. The van der Waals surface area contributed by atoms with Crippen LogP contribution < -0.4 is 5.73 Å². The number of aryl methyl sites for hydroxylation is 1.